The molecule has 0 fully saturated rings. The number of hydrogen-bond acceptors (Lipinski definition) is 6. The van der Waals surface area contributed by atoms with Crippen molar-refractivity contribution in [3.63, 3.8) is 0 Å². The van der Waals surface area contributed by atoms with E-state index < -0.39 is 22.0 Å². The molecule has 1 unspecified atom stereocenters. The van der Waals surface area contributed by atoms with Gasteiger partial charge in [-0.25, -0.2) is 8.42 Å². The summed E-state index contributed by atoms with van der Waals surface area (Å²) in [5.41, 5.74) is 1.14. The van der Waals surface area contributed by atoms with Gasteiger partial charge in [0.1, 0.15) is 18.4 Å². The molecule has 0 aliphatic carbocycles. The van der Waals surface area contributed by atoms with Crippen LogP contribution in [-0.2, 0) is 30.8 Å². The summed E-state index contributed by atoms with van der Waals surface area (Å²) in [6, 6.07) is 18.1. The van der Waals surface area contributed by atoms with Crippen LogP contribution in [-0.4, -0.2) is 39.5 Å². The minimum absolute atomic E-state index is 0.0236. The van der Waals surface area contributed by atoms with E-state index in [0.29, 0.717) is 28.6 Å². The molecule has 0 saturated heterocycles. The SMILES string of the molecule is CCOC(=O)Cc1ccc(NC(=O)C(COc2ccc(Cl)cc2)NS(=O)(=O)c2ccc(I)cc2)cc1. The van der Waals surface area contributed by atoms with E-state index in [1.807, 2.05) is 0 Å². The molecule has 3 aromatic carbocycles. The third-order valence-electron chi connectivity index (χ3n) is 4.84. The first-order valence-electron chi connectivity index (χ1n) is 10.9. The molecular weight excluding hydrogens is 619 g/mol. The fourth-order valence-electron chi connectivity index (χ4n) is 3.06. The Balaban J connectivity index is 1.74. The summed E-state index contributed by atoms with van der Waals surface area (Å²) in [5.74, 6) is -0.538. The Hall–Kier alpha value is -2.67. The van der Waals surface area contributed by atoms with Crippen LogP contribution in [0.25, 0.3) is 0 Å². The Morgan fingerprint density at radius 2 is 1.61 bits per heavy atom. The summed E-state index contributed by atoms with van der Waals surface area (Å²) in [6.45, 7) is 1.76. The molecule has 1 amide bonds. The second-order valence-corrected chi connectivity index (χ2v) is 11.0. The van der Waals surface area contributed by atoms with Crippen molar-refractivity contribution in [2.45, 2.75) is 24.3 Å². The molecule has 3 rings (SSSR count). The molecule has 0 radical (unpaired) electrons. The summed E-state index contributed by atoms with van der Waals surface area (Å²) >= 11 is 7.97. The van der Waals surface area contributed by atoms with Crippen molar-refractivity contribution < 1.29 is 27.5 Å². The zero-order valence-electron chi connectivity index (χ0n) is 19.2. The first-order valence-corrected chi connectivity index (χ1v) is 13.8. The molecule has 0 heterocycles. The highest BCUT2D eigenvalue weighted by Gasteiger charge is 2.27. The molecule has 0 aliphatic heterocycles. The second kappa shape index (κ2) is 13.0. The molecule has 8 nitrogen and oxygen atoms in total. The fraction of sp³-hybridized carbons (Fsp3) is 0.200. The molecule has 36 heavy (non-hydrogen) atoms. The van der Waals surface area contributed by atoms with Crippen LogP contribution in [0.4, 0.5) is 5.69 Å². The maximum atomic E-state index is 13.1. The minimum atomic E-state index is -4.02. The van der Waals surface area contributed by atoms with Crippen molar-refractivity contribution in [1.29, 1.82) is 0 Å². The lowest BCUT2D eigenvalue weighted by atomic mass is 10.1. The van der Waals surface area contributed by atoms with Gasteiger partial charge in [-0.05, 0) is 95.7 Å². The van der Waals surface area contributed by atoms with Gasteiger partial charge in [0.15, 0.2) is 0 Å². The molecule has 190 valence electrons. The number of hydrogen-bond donors (Lipinski definition) is 2. The first-order chi connectivity index (χ1) is 17.2. The Morgan fingerprint density at radius 3 is 2.22 bits per heavy atom. The summed E-state index contributed by atoms with van der Waals surface area (Å²) in [6.07, 6.45) is 0.107. The third-order valence-corrected chi connectivity index (χ3v) is 7.30. The Morgan fingerprint density at radius 1 is 0.972 bits per heavy atom. The lowest BCUT2D eigenvalue weighted by molar-refractivity contribution is -0.142. The number of amides is 1. The molecule has 0 spiro atoms. The quantitative estimate of drug-likeness (QED) is 0.237. The minimum Gasteiger partial charge on any atom is -0.491 e. The van der Waals surface area contributed by atoms with Crippen LogP contribution in [0.2, 0.25) is 5.02 Å². The predicted octanol–water partition coefficient (Wildman–Crippen LogP) is 4.41. The van der Waals surface area contributed by atoms with Crippen molar-refractivity contribution >= 4 is 61.8 Å². The van der Waals surface area contributed by atoms with Gasteiger partial charge in [0.2, 0.25) is 15.9 Å². The van der Waals surface area contributed by atoms with E-state index in [2.05, 4.69) is 32.6 Å². The summed E-state index contributed by atoms with van der Waals surface area (Å²) < 4.78 is 39.8. The van der Waals surface area contributed by atoms with Crippen LogP contribution in [0.5, 0.6) is 5.75 Å². The van der Waals surface area contributed by atoms with E-state index in [9.17, 15) is 18.0 Å². The van der Waals surface area contributed by atoms with E-state index in [1.165, 1.54) is 12.1 Å². The van der Waals surface area contributed by atoms with E-state index in [4.69, 9.17) is 21.1 Å². The van der Waals surface area contributed by atoms with E-state index in [1.54, 1.807) is 67.6 Å². The molecule has 0 saturated carbocycles. The lowest BCUT2D eigenvalue weighted by Crippen LogP contribution is -2.47. The maximum absolute atomic E-state index is 13.1. The molecule has 3 aromatic rings. The number of carbonyl (C=O) groups is 2. The van der Waals surface area contributed by atoms with Crippen LogP contribution in [0, 0.1) is 3.57 Å². The van der Waals surface area contributed by atoms with Crippen molar-refractivity contribution in [1.82, 2.24) is 4.72 Å². The highest BCUT2D eigenvalue weighted by molar-refractivity contribution is 14.1. The van der Waals surface area contributed by atoms with Crippen LogP contribution in [0.15, 0.2) is 77.7 Å². The fourth-order valence-corrected chi connectivity index (χ4v) is 4.72. The zero-order valence-corrected chi connectivity index (χ0v) is 23.0. The average Bonchev–Trinajstić information content (AvgIpc) is 2.84. The number of halogens is 2. The Labute approximate surface area is 228 Å². The van der Waals surface area contributed by atoms with Gasteiger partial charge in [0.25, 0.3) is 0 Å². The van der Waals surface area contributed by atoms with Gasteiger partial charge < -0.3 is 14.8 Å². The van der Waals surface area contributed by atoms with Crippen molar-refractivity contribution in [2.75, 3.05) is 18.5 Å². The molecule has 0 aromatic heterocycles. The van der Waals surface area contributed by atoms with Gasteiger partial charge in [0, 0.05) is 14.3 Å². The molecular formula is C25H24ClIN2O6S. The number of carbonyl (C=O) groups excluding carboxylic acids is 2. The Bertz CT molecular complexity index is 1280. The van der Waals surface area contributed by atoms with Crippen LogP contribution in [0.3, 0.4) is 0 Å². The second-order valence-electron chi connectivity index (χ2n) is 7.56. The molecule has 0 bridgehead atoms. The van der Waals surface area contributed by atoms with Crippen molar-refractivity contribution in [3.05, 3.63) is 87.0 Å². The molecule has 2 N–H and O–H groups in total. The number of esters is 1. The van der Waals surface area contributed by atoms with Gasteiger partial charge in [0.05, 0.1) is 17.9 Å². The van der Waals surface area contributed by atoms with Crippen LogP contribution >= 0.6 is 34.2 Å². The van der Waals surface area contributed by atoms with Gasteiger partial charge >= 0.3 is 5.97 Å². The summed E-state index contributed by atoms with van der Waals surface area (Å²) in [4.78, 5) is 24.8. The molecule has 1 atom stereocenters. The van der Waals surface area contributed by atoms with Crippen LogP contribution < -0.4 is 14.8 Å². The standard InChI is InChI=1S/C25H24ClIN2O6S/c1-2-34-24(30)15-17-3-9-20(10-4-17)28-25(31)23(16-35-21-11-5-18(26)6-12-21)29-36(32,33)22-13-7-19(27)8-14-22/h3-14,23,29H,2,15-16H2,1H3,(H,28,31). The zero-order chi connectivity index (χ0) is 26.1. The lowest BCUT2D eigenvalue weighted by Gasteiger charge is -2.19. The summed E-state index contributed by atoms with van der Waals surface area (Å²) in [7, 11) is -4.02. The number of ether oxygens (including phenoxy) is 2. The number of anilines is 1. The molecule has 0 aliphatic rings. The third kappa shape index (κ3) is 8.47. The molecule has 11 heteroatoms. The van der Waals surface area contributed by atoms with Crippen LogP contribution in [0.1, 0.15) is 12.5 Å². The first kappa shape index (κ1) is 27.9. The topological polar surface area (TPSA) is 111 Å². The van der Waals surface area contributed by atoms with Crippen molar-refractivity contribution in [3.8, 4) is 5.75 Å². The highest BCUT2D eigenvalue weighted by atomic mass is 127. The largest absolute Gasteiger partial charge is 0.491 e. The van der Waals surface area contributed by atoms with Gasteiger partial charge in [-0.2, -0.15) is 4.72 Å². The number of sulfonamides is 1. The van der Waals surface area contributed by atoms with Crippen molar-refractivity contribution in [2.24, 2.45) is 0 Å². The average molecular weight is 643 g/mol. The number of benzene rings is 3. The van der Waals surface area contributed by atoms with E-state index in [-0.39, 0.29) is 23.9 Å². The Kier molecular flexibility index (Phi) is 10.1. The monoisotopic (exact) mass is 642 g/mol. The van der Waals surface area contributed by atoms with E-state index >= 15 is 0 Å². The van der Waals surface area contributed by atoms with Gasteiger partial charge in [-0.15, -0.1) is 0 Å². The predicted molar refractivity (Wildman–Crippen MR) is 146 cm³/mol. The highest BCUT2D eigenvalue weighted by Crippen LogP contribution is 2.18. The number of nitrogens with one attached hydrogen (secondary N) is 2. The number of rotatable bonds is 11. The smallest absolute Gasteiger partial charge is 0.310 e. The normalized spacial score (nSPS) is 12.0. The maximum Gasteiger partial charge on any atom is 0.310 e. The van der Waals surface area contributed by atoms with Gasteiger partial charge in [-0.1, -0.05) is 23.7 Å². The summed E-state index contributed by atoms with van der Waals surface area (Å²) in [5, 5.41) is 3.21. The van der Waals surface area contributed by atoms with E-state index in [0.717, 1.165) is 3.57 Å². The van der Waals surface area contributed by atoms with Gasteiger partial charge in [-0.3, -0.25) is 9.59 Å².